The van der Waals surface area contributed by atoms with Gasteiger partial charge in [0, 0.05) is 26.2 Å². The van der Waals surface area contributed by atoms with E-state index in [4.69, 9.17) is 9.47 Å². The molecule has 20 heavy (non-hydrogen) atoms. The first-order chi connectivity index (χ1) is 9.48. The Hall–Kier alpha value is -0.650. The van der Waals surface area contributed by atoms with Gasteiger partial charge in [-0.25, -0.2) is 0 Å². The number of carbonyl (C=O) groups excluding carboxylic acids is 1. The second kappa shape index (κ2) is 10.1. The molecule has 0 radical (unpaired) electrons. The van der Waals surface area contributed by atoms with E-state index in [9.17, 15) is 4.79 Å². The Morgan fingerprint density at radius 3 is 2.25 bits per heavy atom. The predicted octanol–water partition coefficient (Wildman–Crippen LogP) is 1.66. The van der Waals surface area contributed by atoms with E-state index in [2.05, 4.69) is 24.1 Å². The first-order valence-corrected chi connectivity index (χ1v) is 7.55. The summed E-state index contributed by atoms with van der Waals surface area (Å²) in [4.78, 5) is 14.4. The van der Waals surface area contributed by atoms with Crippen molar-refractivity contribution in [1.29, 1.82) is 0 Å². The van der Waals surface area contributed by atoms with E-state index < -0.39 is 5.54 Å². The fourth-order valence-corrected chi connectivity index (χ4v) is 2.62. The third-order valence-corrected chi connectivity index (χ3v) is 3.76. The molecule has 1 atom stereocenters. The molecule has 0 aliphatic heterocycles. The van der Waals surface area contributed by atoms with Crippen LogP contribution in [0.5, 0.6) is 0 Å². The van der Waals surface area contributed by atoms with E-state index in [1.807, 2.05) is 13.8 Å². The molecule has 1 N–H and O–H groups in total. The predicted molar refractivity (Wildman–Crippen MR) is 81.9 cm³/mol. The molecule has 0 fully saturated rings. The van der Waals surface area contributed by atoms with Crippen molar-refractivity contribution in [3.05, 3.63) is 0 Å². The fourth-order valence-electron chi connectivity index (χ4n) is 2.62. The topological polar surface area (TPSA) is 50.8 Å². The lowest BCUT2D eigenvalue weighted by Crippen LogP contribution is -2.59. The number of hydrogen-bond acceptors (Lipinski definition) is 5. The van der Waals surface area contributed by atoms with Crippen molar-refractivity contribution >= 4 is 5.97 Å². The molecule has 120 valence electrons. The van der Waals surface area contributed by atoms with E-state index >= 15 is 0 Å². The van der Waals surface area contributed by atoms with E-state index in [-0.39, 0.29) is 5.97 Å². The Kier molecular flexibility index (Phi) is 9.80. The van der Waals surface area contributed by atoms with Gasteiger partial charge in [-0.3, -0.25) is 9.69 Å². The standard InChI is InChI=1S/C15H32N2O3/c1-7-13(8-2)17(10-11-19-5)12-15(4,16-9-3)14(18)20-6/h13,16H,7-12H2,1-6H3. The van der Waals surface area contributed by atoms with Gasteiger partial charge in [0.2, 0.25) is 0 Å². The molecule has 0 spiro atoms. The van der Waals surface area contributed by atoms with E-state index in [0.717, 1.165) is 25.9 Å². The molecule has 1 unspecified atom stereocenters. The minimum absolute atomic E-state index is 0.215. The van der Waals surface area contributed by atoms with Crippen molar-refractivity contribution in [2.75, 3.05) is 40.5 Å². The number of nitrogens with one attached hydrogen (secondary N) is 1. The number of likely N-dealkylation sites (N-methyl/N-ethyl adjacent to an activating group) is 1. The van der Waals surface area contributed by atoms with Crippen LogP contribution in [0.2, 0.25) is 0 Å². The zero-order chi connectivity index (χ0) is 15.6. The molecular formula is C15H32N2O3. The highest BCUT2D eigenvalue weighted by atomic mass is 16.5. The largest absolute Gasteiger partial charge is 0.468 e. The molecule has 0 aliphatic rings. The molecular weight excluding hydrogens is 256 g/mol. The third kappa shape index (κ3) is 5.77. The number of hydrogen-bond donors (Lipinski definition) is 1. The summed E-state index contributed by atoms with van der Waals surface area (Å²) >= 11 is 0. The van der Waals surface area contributed by atoms with Crippen LogP contribution in [0.1, 0.15) is 40.5 Å². The molecule has 0 saturated heterocycles. The molecule has 0 aromatic carbocycles. The van der Waals surface area contributed by atoms with Crippen LogP contribution in [0.15, 0.2) is 0 Å². The molecule has 0 rings (SSSR count). The van der Waals surface area contributed by atoms with Crippen LogP contribution < -0.4 is 5.32 Å². The smallest absolute Gasteiger partial charge is 0.327 e. The summed E-state index contributed by atoms with van der Waals surface area (Å²) in [5, 5.41) is 3.26. The van der Waals surface area contributed by atoms with Crippen molar-refractivity contribution in [3.63, 3.8) is 0 Å². The molecule has 0 amide bonds. The quantitative estimate of drug-likeness (QED) is 0.586. The first kappa shape index (κ1) is 19.4. The number of carbonyl (C=O) groups is 1. The van der Waals surface area contributed by atoms with Gasteiger partial charge in [0.1, 0.15) is 5.54 Å². The maximum Gasteiger partial charge on any atom is 0.327 e. The highest BCUT2D eigenvalue weighted by molar-refractivity contribution is 5.80. The molecule has 0 bridgehead atoms. The van der Waals surface area contributed by atoms with E-state index in [0.29, 0.717) is 19.2 Å². The molecule has 0 heterocycles. The van der Waals surface area contributed by atoms with Crippen LogP contribution in [0.25, 0.3) is 0 Å². The summed E-state index contributed by atoms with van der Waals surface area (Å²) in [5.74, 6) is -0.215. The molecule has 0 aromatic heterocycles. The normalized spacial score (nSPS) is 14.6. The Balaban J connectivity index is 4.99. The van der Waals surface area contributed by atoms with E-state index in [1.54, 1.807) is 7.11 Å². The summed E-state index contributed by atoms with van der Waals surface area (Å²) in [7, 11) is 3.14. The van der Waals surface area contributed by atoms with Crippen LogP contribution >= 0.6 is 0 Å². The maximum absolute atomic E-state index is 12.1. The fraction of sp³-hybridized carbons (Fsp3) is 0.933. The van der Waals surface area contributed by atoms with Crippen molar-refractivity contribution in [1.82, 2.24) is 10.2 Å². The van der Waals surface area contributed by atoms with Crippen molar-refractivity contribution in [2.24, 2.45) is 0 Å². The van der Waals surface area contributed by atoms with Crippen LogP contribution in [0.4, 0.5) is 0 Å². The second-order valence-corrected chi connectivity index (χ2v) is 5.29. The summed E-state index contributed by atoms with van der Waals surface area (Å²) in [6.45, 7) is 11.1. The number of nitrogens with zero attached hydrogens (tertiary/aromatic N) is 1. The van der Waals surface area contributed by atoms with Gasteiger partial charge in [-0.05, 0) is 26.3 Å². The average molecular weight is 288 g/mol. The Morgan fingerprint density at radius 2 is 1.85 bits per heavy atom. The monoisotopic (exact) mass is 288 g/mol. The van der Waals surface area contributed by atoms with Gasteiger partial charge in [-0.1, -0.05) is 20.8 Å². The summed E-state index contributed by atoms with van der Waals surface area (Å²) < 4.78 is 10.2. The van der Waals surface area contributed by atoms with Gasteiger partial charge in [0.25, 0.3) is 0 Å². The molecule has 0 aromatic rings. The third-order valence-electron chi connectivity index (χ3n) is 3.76. The number of rotatable bonds is 11. The molecule has 5 nitrogen and oxygen atoms in total. The zero-order valence-corrected chi connectivity index (χ0v) is 14.0. The molecule has 0 aliphatic carbocycles. The van der Waals surface area contributed by atoms with E-state index in [1.165, 1.54) is 7.11 Å². The van der Waals surface area contributed by atoms with Crippen LogP contribution in [-0.2, 0) is 14.3 Å². The number of methoxy groups -OCH3 is 2. The van der Waals surface area contributed by atoms with Gasteiger partial charge < -0.3 is 14.8 Å². The zero-order valence-electron chi connectivity index (χ0n) is 14.0. The Bertz CT molecular complexity index is 270. The number of ether oxygens (including phenoxy) is 2. The van der Waals surface area contributed by atoms with Crippen molar-refractivity contribution in [3.8, 4) is 0 Å². The lowest BCUT2D eigenvalue weighted by molar-refractivity contribution is -0.149. The SMILES string of the molecule is CCNC(C)(CN(CCOC)C(CC)CC)C(=O)OC. The summed E-state index contributed by atoms with van der Waals surface area (Å²) in [6, 6.07) is 0.452. The van der Waals surface area contributed by atoms with Gasteiger partial charge in [-0.2, -0.15) is 0 Å². The summed E-state index contributed by atoms with van der Waals surface area (Å²) in [5.41, 5.74) is -0.681. The maximum atomic E-state index is 12.1. The minimum atomic E-state index is -0.681. The lowest BCUT2D eigenvalue weighted by Gasteiger charge is -2.37. The molecule has 5 heteroatoms. The first-order valence-electron chi connectivity index (χ1n) is 7.55. The Morgan fingerprint density at radius 1 is 1.25 bits per heavy atom. The summed E-state index contributed by atoms with van der Waals surface area (Å²) in [6.07, 6.45) is 2.12. The minimum Gasteiger partial charge on any atom is -0.468 e. The van der Waals surface area contributed by atoms with Crippen LogP contribution in [0, 0.1) is 0 Å². The number of esters is 1. The van der Waals surface area contributed by atoms with Gasteiger partial charge in [0.05, 0.1) is 13.7 Å². The van der Waals surface area contributed by atoms with Gasteiger partial charge in [-0.15, -0.1) is 0 Å². The molecule has 0 saturated carbocycles. The van der Waals surface area contributed by atoms with Crippen molar-refractivity contribution in [2.45, 2.75) is 52.1 Å². The highest BCUT2D eigenvalue weighted by Gasteiger charge is 2.36. The average Bonchev–Trinajstić information content (AvgIpc) is 2.45. The van der Waals surface area contributed by atoms with Crippen molar-refractivity contribution < 1.29 is 14.3 Å². The highest BCUT2D eigenvalue weighted by Crippen LogP contribution is 2.15. The van der Waals surface area contributed by atoms with Gasteiger partial charge >= 0.3 is 5.97 Å². The lowest BCUT2D eigenvalue weighted by atomic mass is 9.99. The van der Waals surface area contributed by atoms with Crippen LogP contribution in [0.3, 0.4) is 0 Å². The Labute approximate surface area is 124 Å². The second-order valence-electron chi connectivity index (χ2n) is 5.29. The van der Waals surface area contributed by atoms with Gasteiger partial charge in [0.15, 0.2) is 0 Å². The van der Waals surface area contributed by atoms with Crippen LogP contribution in [-0.4, -0.2) is 62.9 Å².